The van der Waals surface area contributed by atoms with Crippen LogP contribution in [0.3, 0.4) is 0 Å². The van der Waals surface area contributed by atoms with Gasteiger partial charge in [0.15, 0.2) is 0 Å². The molecule has 0 aromatic carbocycles. The van der Waals surface area contributed by atoms with E-state index in [0.717, 1.165) is 31.9 Å². The van der Waals surface area contributed by atoms with Crippen LogP contribution in [-0.2, 0) is 10.0 Å². The second-order valence-corrected chi connectivity index (χ2v) is 8.49. The van der Waals surface area contributed by atoms with E-state index in [1.54, 1.807) is 6.92 Å². The molecular formula is C16H22FN5O3S. The highest BCUT2D eigenvalue weighted by Gasteiger charge is 2.23. The van der Waals surface area contributed by atoms with Gasteiger partial charge in [0.2, 0.25) is 15.8 Å². The lowest BCUT2D eigenvalue weighted by molar-refractivity contribution is 0.330. The lowest BCUT2D eigenvalue weighted by atomic mass is 9.86. The average molecular weight is 383 g/mol. The number of nitrogens with one attached hydrogen (secondary N) is 2. The van der Waals surface area contributed by atoms with Crippen LogP contribution in [0.2, 0.25) is 0 Å². The van der Waals surface area contributed by atoms with Crippen LogP contribution in [0, 0.1) is 11.7 Å². The van der Waals surface area contributed by atoms with Gasteiger partial charge in [0, 0.05) is 12.6 Å². The van der Waals surface area contributed by atoms with Crippen molar-refractivity contribution in [2.45, 2.75) is 38.6 Å². The molecule has 2 aromatic heterocycles. The van der Waals surface area contributed by atoms with E-state index in [1.165, 1.54) is 12.1 Å². The molecule has 26 heavy (non-hydrogen) atoms. The Morgan fingerprint density at radius 3 is 2.69 bits per heavy atom. The van der Waals surface area contributed by atoms with Crippen molar-refractivity contribution in [1.82, 2.24) is 19.8 Å². The molecule has 0 saturated heterocycles. The summed E-state index contributed by atoms with van der Waals surface area (Å²) >= 11 is 0. The average Bonchev–Trinajstić information content (AvgIpc) is 3.10. The van der Waals surface area contributed by atoms with Crippen molar-refractivity contribution in [3.05, 3.63) is 24.1 Å². The van der Waals surface area contributed by atoms with E-state index >= 15 is 0 Å². The molecule has 1 saturated carbocycles. The van der Waals surface area contributed by atoms with E-state index in [1.807, 2.05) is 0 Å². The van der Waals surface area contributed by atoms with Crippen LogP contribution in [-0.4, -0.2) is 41.9 Å². The summed E-state index contributed by atoms with van der Waals surface area (Å²) in [4.78, 5) is 8.16. The fourth-order valence-corrected chi connectivity index (χ4v) is 3.62. The number of halogens is 1. The SMILES string of the molecule is CCS(=O)(=O)NC[C@H]1CC[C@H](Nc2nc(-c3ccc(F)cn3)no2)CC1. The summed E-state index contributed by atoms with van der Waals surface area (Å²) in [5, 5.41) is 7.06. The number of hydrogen-bond donors (Lipinski definition) is 2. The fraction of sp³-hybridized carbons (Fsp3) is 0.562. The molecule has 1 aliphatic rings. The molecule has 0 aliphatic heterocycles. The number of hydrogen-bond acceptors (Lipinski definition) is 7. The van der Waals surface area contributed by atoms with E-state index < -0.39 is 15.8 Å². The van der Waals surface area contributed by atoms with E-state index in [0.29, 0.717) is 30.0 Å². The van der Waals surface area contributed by atoms with Gasteiger partial charge in [0.1, 0.15) is 11.5 Å². The lowest BCUT2D eigenvalue weighted by Crippen LogP contribution is -2.34. The monoisotopic (exact) mass is 383 g/mol. The van der Waals surface area contributed by atoms with Gasteiger partial charge in [-0.1, -0.05) is 5.16 Å². The summed E-state index contributed by atoms with van der Waals surface area (Å²) in [5.41, 5.74) is 0.440. The largest absolute Gasteiger partial charge is 0.335 e. The van der Waals surface area contributed by atoms with Crippen LogP contribution in [0.1, 0.15) is 32.6 Å². The van der Waals surface area contributed by atoms with Gasteiger partial charge in [-0.05, 0) is 50.7 Å². The second kappa shape index (κ2) is 8.09. The number of rotatable bonds is 7. The fourth-order valence-electron chi connectivity index (χ4n) is 2.93. The Hall–Kier alpha value is -2.07. The van der Waals surface area contributed by atoms with Crippen LogP contribution in [0.4, 0.5) is 10.4 Å². The molecule has 10 heteroatoms. The number of aromatic nitrogens is 3. The van der Waals surface area contributed by atoms with Crippen molar-refractivity contribution in [3.63, 3.8) is 0 Å². The van der Waals surface area contributed by atoms with E-state index in [2.05, 4.69) is 25.2 Å². The van der Waals surface area contributed by atoms with Gasteiger partial charge in [0.05, 0.1) is 11.9 Å². The summed E-state index contributed by atoms with van der Waals surface area (Å²) in [6.07, 6.45) is 4.73. The Morgan fingerprint density at radius 1 is 1.27 bits per heavy atom. The summed E-state index contributed by atoms with van der Waals surface area (Å²) in [7, 11) is -3.14. The maximum atomic E-state index is 12.9. The second-order valence-electron chi connectivity index (χ2n) is 6.40. The molecule has 0 spiro atoms. The van der Waals surface area contributed by atoms with Crippen LogP contribution >= 0.6 is 0 Å². The van der Waals surface area contributed by atoms with Gasteiger partial charge in [-0.25, -0.2) is 22.5 Å². The van der Waals surface area contributed by atoms with E-state index in [4.69, 9.17) is 4.52 Å². The Balaban J connectivity index is 1.48. The Bertz CT molecular complexity index is 817. The van der Waals surface area contributed by atoms with Gasteiger partial charge in [-0.3, -0.25) is 0 Å². The summed E-state index contributed by atoms with van der Waals surface area (Å²) < 4.78 is 43.8. The molecule has 2 N–H and O–H groups in total. The first-order valence-electron chi connectivity index (χ1n) is 8.64. The maximum absolute atomic E-state index is 12.9. The molecule has 3 rings (SSSR count). The number of pyridine rings is 1. The first kappa shape index (κ1) is 18.7. The highest BCUT2D eigenvalue weighted by molar-refractivity contribution is 7.89. The summed E-state index contributed by atoms with van der Waals surface area (Å²) in [6, 6.07) is 3.29. The maximum Gasteiger partial charge on any atom is 0.322 e. The number of anilines is 1. The summed E-state index contributed by atoms with van der Waals surface area (Å²) in [5.74, 6) is 0.325. The highest BCUT2D eigenvalue weighted by Crippen LogP contribution is 2.26. The molecule has 0 radical (unpaired) electrons. The van der Waals surface area contributed by atoms with Crippen molar-refractivity contribution >= 4 is 16.0 Å². The van der Waals surface area contributed by atoms with Crippen LogP contribution in [0.25, 0.3) is 11.5 Å². The summed E-state index contributed by atoms with van der Waals surface area (Å²) in [6.45, 7) is 2.12. The minimum absolute atomic E-state index is 0.103. The lowest BCUT2D eigenvalue weighted by Gasteiger charge is -2.28. The molecule has 2 aromatic rings. The number of nitrogens with zero attached hydrogens (tertiary/aromatic N) is 3. The Labute approximate surface area is 151 Å². The third-order valence-corrected chi connectivity index (χ3v) is 5.90. The van der Waals surface area contributed by atoms with Crippen LogP contribution in [0.5, 0.6) is 0 Å². The van der Waals surface area contributed by atoms with Crippen molar-refractivity contribution in [2.75, 3.05) is 17.6 Å². The van der Waals surface area contributed by atoms with Gasteiger partial charge >= 0.3 is 6.01 Å². The minimum Gasteiger partial charge on any atom is -0.335 e. The van der Waals surface area contributed by atoms with Gasteiger partial charge < -0.3 is 9.84 Å². The van der Waals surface area contributed by atoms with Crippen molar-refractivity contribution < 1.29 is 17.3 Å². The molecule has 1 aliphatic carbocycles. The normalized spacial score (nSPS) is 20.8. The Morgan fingerprint density at radius 2 is 2.04 bits per heavy atom. The molecule has 2 heterocycles. The van der Waals surface area contributed by atoms with E-state index in [9.17, 15) is 12.8 Å². The molecule has 0 bridgehead atoms. The third kappa shape index (κ3) is 4.98. The molecular weight excluding hydrogens is 361 g/mol. The molecule has 0 atom stereocenters. The molecule has 8 nitrogen and oxygen atoms in total. The van der Waals surface area contributed by atoms with Gasteiger partial charge in [-0.2, -0.15) is 4.98 Å². The standard InChI is InChI=1S/C16H22FN5O3S/c1-2-26(23,24)19-9-11-3-6-13(7-4-11)20-16-21-15(22-25-16)14-8-5-12(17)10-18-14/h5,8,10-11,13,19H,2-4,6-7,9H2,1H3,(H,20,21,22)/t11-,13-. The predicted octanol–water partition coefficient (Wildman–Crippen LogP) is 2.18. The minimum atomic E-state index is -3.14. The number of sulfonamides is 1. The molecule has 1 fully saturated rings. The Kier molecular flexibility index (Phi) is 5.82. The van der Waals surface area contributed by atoms with Crippen molar-refractivity contribution in [1.29, 1.82) is 0 Å². The zero-order valence-electron chi connectivity index (χ0n) is 14.5. The predicted molar refractivity (Wildman–Crippen MR) is 94.3 cm³/mol. The van der Waals surface area contributed by atoms with Gasteiger partial charge in [-0.15, -0.1) is 0 Å². The molecule has 0 amide bonds. The van der Waals surface area contributed by atoms with Crippen molar-refractivity contribution in [2.24, 2.45) is 5.92 Å². The first-order chi connectivity index (χ1) is 12.4. The topological polar surface area (TPSA) is 110 Å². The van der Waals surface area contributed by atoms with Crippen LogP contribution in [0.15, 0.2) is 22.9 Å². The first-order valence-corrected chi connectivity index (χ1v) is 10.3. The molecule has 142 valence electrons. The smallest absolute Gasteiger partial charge is 0.322 e. The third-order valence-electron chi connectivity index (χ3n) is 4.53. The highest BCUT2D eigenvalue weighted by atomic mass is 32.2. The van der Waals surface area contributed by atoms with Gasteiger partial charge in [0.25, 0.3) is 0 Å². The quantitative estimate of drug-likeness (QED) is 0.754. The van der Waals surface area contributed by atoms with Crippen LogP contribution < -0.4 is 10.0 Å². The molecule has 0 unspecified atom stereocenters. The van der Waals surface area contributed by atoms with E-state index in [-0.39, 0.29) is 11.8 Å². The zero-order chi connectivity index (χ0) is 18.6. The zero-order valence-corrected chi connectivity index (χ0v) is 15.3. The van der Waals surface area contributed by atoms with Crippen molar-refractivity contribution in [3.8, 4) is 11.5 Å².